The predicted octanol–water partition coefficient (Wildman–Crippen LogP) is 2.77. The molecule has 0 aliphatic heterocycles. The number of methoxy groups -OCH3 is 1. The molecule has 0 saturated heterocycles. The molecule has 0 fully saturated rings. The number of nitrogens with one attached hydrogen (secondary N) is 1. The molecule has 2 aromatic heterocycles. The molecule has 13 heteroatoms. The van der Waals surface area contributed by atoms with E-state index < -0.39 is 11.9 Å². The maximum Gasteiger partial charge on any atom is 0.339 e. The van der Waals surface area contributed by atoms with Crippen molar-refractivity contribution < 1.29 is 34.1 Å². The van der Waals surface area contributed by atoms with Gasteiger partial charge in [-0.3, -0.25) is 14.4 Å². The van der Waals surface area contributed by atoms with Crippen molar-refractivity contribution in [1.82, 2.24) is 24.9 Å². The molecule has 2 heterocycles. The second-order valence-corrected chi connectivity index (χ2v) is 8.64. The Morgan fingerprint density at radius 3 is 1.67 bits per heavy atom. The molecule has 0 aliphatic carbocycles. The predicted molar refractivity (Wildman–Crippen MR) is 154 cm³/mol. The van der Waals surface area contributed by atoms with E-state index in [1.165, 1.54) is 13.3 Å². The summed E-state index contributed by atoms with van der Waals surface area (Å²) in [7, 11) is 1.35. The summed E-state index contributed by atoms with van der Waals surface area (Å²) < 4.78 is 7.47. The van der Waals surface area contributed by atoms with Gasteiger partial charge in [-0.1, -0.05) is 36.4 Å². The Labute approximate surface area is 242 Å². The number of hydrogen-bond acceptors (Lipinski definition) is 8. The maximum absolute atomic E-state index is 11.9. The molecule has 222 valence electrons. The van der Waals surface area contributed by atoms with E-state index in [0.29, 0.717) is 29.9 Å². The lowest BCUT2D eigenvalue weighted by Gasteiger charge is -2.01. The fraction of sp³-hybridized carbons (Fsp3) is 0.241. The van der Waals surface area contributed by atoms with E-state index >= 15 is 0 Å². The zero-order valence-electron chi connectivity index (χ0n) is 23.6. The minimum absolute atomic E-state index is 0.0996. The monoisotopic (exact) mass is 578 g/mol. The van der Waals surface area contributed by atoms with Crippen LogP contribution in [-0.4, -0.2) is 73.8 Å². The Bertz CT molecular complexity index is 1470. The van der Waals surface area contributed by atoms with Crippen LogP contribution in [-0.2, 0) is 14.3 Å². The number of aromatic nitrogens is 4. The summed E-state index contributed by atoms with van der Waals surface area (Å²) in [5.74, 6) is -2.45. The second-order valence-electron chi connectivity index (χ2n) is 8.64. The van der Waals surface area contributed by atoms with E-state index in [1.807, 2.05) is 60.7 Å². The number of carbonyl (C=O) groups excluding carboxylic acids is 2. The zero-order chi connectivity index (χ0) is 31.1. The van der Waals surface area contributed by atoms with Gasteiger partial charge in [0.05, 0.1) is 48.3 Å². The van der Waals surface area contributed by atoms with Gasteiger partial charge >= 0.3 is 17.9 Å². The van der Waals surface area contributed by atoms with Crippen LogP contribution in [0.1, 0.15) is 44.9 Å². The molecule has 0 saturated carbocycles. The van der Waals surface area contributed by atoms with Crippen molar-refractivity contribution >= 4 is 23.8 Å². The molecule has 4 rings (SSSR count). The molecule has 13 nitrogen and oxygen atoms in total. The van der Waals surface area contributed by atoms with Crippen LogP contribution in [0.25, 0.3) is 11.4 Å². The first-order chi connectivity index (χ1) is 20.1. The standard InChI is InChI=1S/C14H15N3O3.C11H10N2O2.C4H9NO2/c1-10-12(14(20)15-8-7-13(18)19)9-17(16-10)11-5-3-2-4-6-11;1-8-10(11(14)15)7-13(12-8)9-5-3-2-4-6-9;1-7-4(6)2-3-5/h2-6,9H,7-8H2,1H3,(H,15,20)(H,18,19);2-7H,1H3,(H,14,15);2-3,5H2,1H3. The molecular formula is C29H34N6O7. The maximum atomic E-state index is 11.9. The number of esters is 1. The Morgan fingerprint density at radius 2 is 1.29 bits per heavy atom. The van der Waals surface area contributed by atoms with Gasteiger partial charge in [-0.2, -0.15) is 10.2 Å². The summed E-state index contributed by atoms with van der Waals surface area (Å²) in [5.41, 5.74) is 8.52. The van der Waals surface area contributed by atoms with Crippen molar-refractivity contribution in [1.29, 1.82) is 0 Å². The number of aliphatic carboxylic acids is 1. The number of amides is 1. The number of carboxylic acid groups (broad SMARTS) is 2. The summed E-state index contributed by atoms with van der Waals surface area (Å²) in [6.07, 6.45) is 3.38. The van der Waals surface area contributed by atoms with Gasteiger partial charge in [0.2, 0.25) is 0 Å². The van der Waals surface area contributed by atoms with Crippen LogP contribution < -0.4 is 11.1 Å². The molecule has 4 aromatic rings. The third kappa shape index (κ3) is 10.4. The first-order valence-corrected chi connectivity index (χ1v) is 12.8. The number of aryl methyl sites for hydroxylation is 2. The van der Waals surface area contributed by atoms with E-state index in [2.05, 4.69) is 20.3 Å². The Morgan fingerprint density at radius 1 is 0.810 bits per heavy atom. The summed E-state index contributed by atoms with van der Waals surface area (Å²) in [6, 6.07) is 18.9. The topological polar surface area (TPSA) is 192 Å². The molecule has 0 aliphatic rings. The highest BCUT2D eigenvalue weighted by Crippen LogP contribution is 2.12. The molecule has 42 heavy (non-hydrogen) atoms. The smallest absolute Gasteiger partial charge is 0.339 e. The first-order valence-electron chi connectivity index (χ1n) is 12.8. The SMILES string of the molecule is COC(=O)CCN.Cc1nn(-c2ccccc2)cc1C(=O)NCCC(=O)O.Cc1nn(-c2ccccc2)cc1C(=O)O. The van der Waals surface area contributed by atoms with Crippen LogP contribution in [0.4, 0.5) is 0 Å². The molecule has 1 amide bonds. The number of aromatic carboxylic acids is 1. The third-order valence-corrected chi connectivity index (χ3v) is 5.51. The van der Waals surface area contributed by atoms with Crippen molar-refractivity contribution in [2.24, 2.45) is 5.73 Å². The lowest BCUT2D eigenvalue weighted by molar-refractivity contribution is -0.140. The number of benzene rings is 2. The lowest BCUT2D eigenvalue weighted by atomic mass is 10.2. The van der Waals surface area contributed by atoms with Gasteiger partial charge in [-0.05, 0) is 38.1 Å². The highest BCUT2D eigenvalue weighted by molar-refractivity contribution is 5.95. The number of carbonyl (C=O) groups is 4. The molecule has 0 radical (unpaired) electrons. The van der Waals surface area contributed by atoms with E-state index in [9.17, 15) is 19.2 Å². The minimum atomic E-state index is -0.949. The number of nitrogens with zero attached hydrogens (tertiary/aromatic N) is 4. The van der Waals surface area contributed by atoms with Crippen molar-refractivity contribution in [3.05, 3.63) is 95.6 Å². The molecular weight excluding hydrogens is 544 g/mol. The third-order valence-electron chi connectivity index (χ3n) is 5.51. The van der Waals surface area contributed by atoms with Crippen LogP contribution in [0, 0.1) is 13.8 Å². The van der Waals surface area contributed by atoms with Gasteiger partial charge in [-0.25, -0.2) is 14.2 Å². The van der Waals surface area contributed by atoms with E-state index in [4.69, 9.17) is 15.9 Å². The number of ether oxygens (including phenoxy) is 1. The van der Waals surface area contributed by atoms with Crippen molar-refractivity contribution in [3.63, 3.8) is 0 Å². The average Bonchev–Trinajstić information content (AvgIpc) is 3.57. The van der Waals surface area contributed by atoms with E-state index in [1.54, 1.807) is 29.4 Å². The number of carboxylic acids is 2. The fourth-order valence-electron chi connectivity index (χ4n) is 3.38. The van der Waals surface area contributed by atoms with Crippen LogP contribution >= 0.6 is 0 Å². The Hall–Kier alpha value is -5.30. The molecule has 0 bridgehead atoms. The average molecular weight is 579 g/mol. The van der Waals surface area contributed by atoms with Crippen LogP contribution in [0.2, 0.25) is 0 Å². The Kier molecular flexibility index (Phi) is 13.1. The molecule has 5 N–H and O–H groups in total. The molecule has 2 aromatic carbocycles. The van der Waals surface area contributed by atoms with E-state index in [-0.39, 0.29) is 30.4 Å². The Balaban J connectivity index is 0.000000246. The summed E-state index contributed by atoms with van der Waals surface area (Å²) in [4.78, 5) is 43.3. The van der Waals surface area contributed by atoms with Gasteiger partial charge in [0.25, 0.3) is 5.91 Å². The lowest BCUT2D eigenvalue weighted by Crippen LogP contribution is -2.26. The number of hydrogen-bond donors (Lipinski definition) is 4. The molecule has 0 spiro atoms. The molecule has 0 unspecified atom stereocenters. The van der Waals surface area contributed by atoms with Crippen LogP contribution in [0.5, 0.6) is 0 Å². The van der Waals surface area contributed by atoms with Gasteiger partial charge in [-0.15, -0.1) is 0 Å². The zero-order valence-corrected chi connectivity index (χ0v) is 23.6. The number of para-hydroxylation sites is 2. The highest BCUT2D eigenvalue weighted by atomic mass is 16.5. The quantitative estimate of drug-likeness (QED) is 0.215. The largest absolute Gasteiger partial charge is 0.481 e. The summed E-state index contributed by atoms with van der Waals surface area (Å²) in [5, 5.41) is 28.4. The van der Waals surface area contributed by atoms with Crippen LogP contribution in [0.3, 0.4) is 0 Å². The van der Waals surface area contributed by atoms with Crippen LogP contribution in [0.15, 0.2) is 73.1 Å². The van der Waals surface area contributed by atoms with E-state index in [0.717, 1.165) is 11.4 Å². The fourth-order valence-corrected chi connectivity index (χ4v) is 3.38. The van der Waals surface area contributed by atoms with Crippen molar-refractivity contribution in [3.8, 4) is 11.4 Å². The number of rotatable bonds is 9. The van der Waals surface area contributed by atoms with Crippen molar-refractivity contribution in [2.45, 2.75) is 26.7 Å². The summed E-state index contributed by atoms with van der Waals surface area (Å²) >= 11 is 0. The van der Waals surface area contributed by atoms with Gasteiger partial charge in [0.1, 0.15) is 5.56 Å². The number of nitrogens with two attached hydrogens (primary N) is 1. The second kappa shape index (κ2) is 16.7. The van der Waals surface area contributed by atoms with Gasteiger partial charge in [0.15, 0.2) is 0 Å². The van der Waals surface area contributed by atoms with Gasteiger partial charge in [0, 0.05) is 25.5 Å². The highest BCUT2D eigenvalue weighted by Gasteiger charge is 2.14. The first kappa shape index (κ1) is 32.9. The summed E-state index contributed by atoms with van der Waals surface area (Å²) in [6.45, 7) is 3.89. The van der Waals surface area contributed by atoms with Gasteiger partial charge < -0.3 is 26.0 Å². The molecule has 0 atom stereocenters. The normalized spacial score (nSPS) is 9.90. The minimum Gasteiger partial charge on any atom is -0.481 e. The van der Waals surface area contributed by atoms with Crippen molar-refractivity contribution in [2.75, 3.05) is 20.2 Å².